The van der Waals surface area contributed by atoms with Crippen molar-refractivity contribution in [1.29, 1.82) is 0 Å². The molecule has 0 saturated carbocycles. The van der Waals surface area contributed by atoms with Gasteiger partial charge in [0, 0.05) is 6.08 Å². The summed E-state index contributed by atoms with van der Waals surface area (Å²) in [6.07, 6.45) is 2.13. The van der Waals surface area contributed by atoms with E-state index in [1.807, 2.05) is 0 Å². The average molecular weight is 220 g/mol. The zero-order chi connectivity index (χ0) is 12.4. The van der Waals surface area contributed by atoms with Crippen molar-refractivity contribution in [3.05, 3.63) is 61.4 Å². The Balaban J connectivity index is 0.000000293. The second-order valence-electron chi connectivity index (χ2n) is 2.48. The predicted molar refractivity (Wildman–Crippen MR) is 59.9 cm³/mol. The molecule has 0 atom stereocenters. The van der Waals surface area contributed by atoms with Crippen LogP contribution >= 0.6 is 0 Å². The average Bonchev–Trinajstić information content (AvgIpc) is 2.31. The van der Waals surface area contributed by atoms with Crippen LogP contribution in [0.2, 0.25) is 0 Å². The van der Waals surface area contributed by atoms with Crippen LogP contribution in [0.1, 0.15) is 10.4 Å². The summed E-state index contributed by atoms with van der Waals surface area (Å²) in [6.45, 7) is 6.31. The molecular weight excluding hydrogens is 208 g/mol. The Bertz CT molecular complexity index is 368. The largest absolute Gasteiger partial charge is 0.478 e. The van der Waals surface area contributed by atoms with E-state index in [1.165, 1.54) is 0 Å². The number of hydrogen-bond donors (Lipinski definition) is 1. The lowest BCUT2D eigenvalue weighted by atomic mass is 10.2. The minimum atomic E-state index is -0.879. The minimum Gasteiger partial charge on any atom is -0.478 e. The Morgan fingerprint density at radius 2 is 1.75 bits per heavy atom. The lowest BCUT2D eigenvalue weighted by Gasteiger charge is -1.88. The van der Waals surface area contributed by atoms with E-state index in [4.69, 9.17) is 5.11 Å². The summed E-state index contributed by atoms with van der Waals surface area (Å²) < 4.78 is 4.20. The first-order valence-corrected chi connectivity index (χ1v) is 4.34. The smallest absolute Gasteiger partial charge is 0.335 e. The van der Waals surface area contributed by atoms with Crippen molar-refractivity contribution < 1.29 is 19.4 Å². The fourth-order valence-electron chi connectivity index (χ4n) is 0.711. The molecule has 0 aliphatic rings. The zero-order valence-electron chi connectivity index (χ0n) is 8.63. The molecule has 0 saturated heterocycles. The lowest BCUT2D eigenvalue weighted by molar-refractivity contribution is -0.132. The topological polar surface area (TPSA) is 63.6 Å². The van der Waals surface area contributed by atoms with Gasteiger partial charge in [0.1, 0.15) is 0 Å². The Morgan fingerprint density at radius 3 is 2.00 bits per heavy atom. The van der Waals surface area contributed by atoms with Crippen molar-refractivity contribution in [3.8, 4) is 0 Å². The molecule has 0 fully saturated rings. The molecule has 0 aliphatic heterocycles. The van der Waals surface area contributed by atoms with Gasteiger partial charge >= 0.3 is 11.9 Å². The quantitative estimate of drug-likeness (QED) is 0.482. The third-order valence-corrected chi connectivity index (χ3v) is 1.39. The summed E-state index contributed by atoms with van der Waals surface area (Å²) in [5, 5.41) is 8.38. The standard InChI is InChI=1S/C7H6O2.C5H6O2/c8-7(9)6-4-2-1-3-5-6;1-3-5(6)7-4-2/h1-5H,(H,8,9);3-4H,1-2H2. The molecule has 84 valence electrons. The van der Waals surface area contributed by atoms with Crippen LogP contribution < -0.4 is 0 Å². The summed E-state index contributed by atoms with van der Waals surface area (Å²) >= 11 is 0. The molecule has 0 aromatic heterocycles. The Morgan fingerprint density at radius 1 is 1.19 bits per heavy atom. The molecule has 1 aromatic rings. The van der Waals surface area contributed by atoms with E-state index in [-0.39, 0.29) is 0 Å². The van der Waals surface area contributed by atoms with E-state index >= 15 is 0 Å². The van der Waals surface area contributed by atoms with Crippen molar-refractivity contribution in [2.45, 2.75) is 0 Å². The molecule has 0 bridgehead atoms. The molecule has 0 unspecified atom stereocenters. The van der Waals surface area contributed by atoms with Crippen LogP contribution in [0.15, 0.2) is 55.8 Å². The summed E-state index contributed by atoms with van der Waals surface area (Å²) in [5.41, 5.74) is 0.331. The molecule has 1 rings (SSSR count). The normalized spacial score (nSPS) is 8.00. The number of carbonyl (C=O) groups is 2. The first-order chi connectivity index (χ1) is 7.61. The lowest BCUT2D eigenvalue weighted by Crippen LogP contribution is -1.93. The maximum Gasteiger partial charge on any atom is 0.335 e. The van der Waals surface area contributed by atoms with E-state index in [9.17, 15) is 9.59 Å². The number of carboxylic acid groups (broad SMARTS) is 1. The van der Waals surface area contributed by atoms with Gasteiger partial charge in [-0.3, -0.25) is 0 Å². The van der Waals surface area contributed by atoms with Crippen LogP contribution in [0.3, 0.4) is 0 Å². The Kier molecular flexibility index (Phi) is 6.81. The maximum atomic E-state index is 10.2. The van der Waals surface area contributed by atoms with Gasteiger partial charge < -0.3 is 9.84 Å². The second-order valence-corrected chi connectivity index (χ2v) is 2.48. The van der Waals surface area contributed by atoms with Gasteiger partial charge in [-0.05, 0) is 12.1 Å². The van der Waals surface area contributed by atoms with Gasteiger partial charge in [0.05, 0.1) is 11.8 Å². The van der Waals surface area contributed by atoms with E-state index < -0.39 is 11.9 Å². The minimum absolute atomic E-state index is 0.331. The van der Waals surface area contributed by atoms with E-state index in [0.29, 0.717) is 5.56 Å². The molecule has 1 N–H and O–H groups in total. The third kappa shape index (κ3) is 6.15. The van der Waals surface area contributed by atoms with Gasteiger partial charge in [-0.1, -0.05) is 31.4 Å². The number of benzene rings is 1. The van der Waals surface area contributed by atoms with Crippen LogP contribution in [0.4, 0.5) is 0 Å². The number of carboxylic acids is 1. The highest BCUT2D eigenvalue weighted by molar-refractivity contribution is 5.87. The predicted octanol–water partition coefficient (Wildman–Crippen LogP) is 2.24. The van der Waals surface area contributed by atoms with Crippen LogP contribution in [-0.4, -0.2) is 17.0 Å². The number of hydrogen-bond acceptors (Lipinski definition) is 3. The van der Waals surface area contributed by atoms with Crippen LogP contribution in [-0.2, 0) is 9.53 Å². The van der Waals surface area contributed by atoms with Crippen LogP contribution in [0.5, 0.6) is 0 Å². The first-order valence-electron chi connectivity index (χ1n) is 4.34. The SMILES string of the molecule is C=COC(=O)C=C.O=C(O)c1ccccc1. The molecule has 0 spiro atoms. The molecular formula is C12H12O4. The number of rotatable bonds is 3. The van der Waals surface area contributed by atoms with E-state index in [2.05, 4.69) is 17.9 Å². The first kappa shape index (κ1) is 13.6. The molecule has 1 aromatic carbocycles. The molecule has 0 amide bonds. The maximum absolute atomic E-state index is 10.2. The zero-order valence-corrected chi connectivity index (χ0v) is 8.63. The molecule has 0 radical (unpaired) electrons. The summed E-state index contributed by atoms with van der Waals surface area (Å²) in [5.74, 6) is -1.36. The molecule has 4 heteroatoms. The van der Waals surface area contributed by atoms with Crippen molar-refractivity contribution >= 4 is 11.9 Å². The van der Waals surface area contributed by atoms with Gasteiger partial charge in [0.15, 0.2) is 0 Å². The van der Waals surface area contributed by atoms with Gasteiger partial charge in [-0.25, -0.2) is 9.59 Å². The van der Waals surface area contributed by atoms with Gasteiger partial charge in [-0.2, -0.15) is 0 Å². The van der Waals surface area contributed by atoms with Crippen LogP contribution in [0, 0.1) is 0 Å². The fourth-order valence-corrected chi connectivity index (χ4v) is 0.711. The van der Waals surface area contributed by atoms with Gasteiger partial charge in [0.2, 0.25) is 0 Å². The van der Waals surface area contributed by atoms with Crippen LogP contribution in [0.25, 0.3) is 0 Å². The monoisotopic (exact) mass is 220 g/mol. The van der Waals surface area contributed by atoms with E-state index in [1.54, 1.807) is 30.3 Å². The highest BCUT2D eigenvalue weighted by Crippen LogP contribution is 1.96. The van der Waals surface area contributed by atoms with Gasteiger partial charge in [-0.15, -0.1) is 0 Å². The Labute approximate surface area is 93.5 Å². The molecule has 0 heterocycles. The second kappa shape index (κ2) is 7.99. The summed E-state index contributed by atoms with van der Waals surface area (Å²) in [7, 11) is 0. The fraction of sp³-hybridized carbons (Fsp3) is 0. The molecule has 16 heavy (non-hydrogen) atoms. The molecule has 4 nitrogen and oxygen atoms in total. The highest BCUT2D eigenvalue weighted by atomic mass is 16.5. The number of aromatic carboxylic acids is 1. The van der Waals surface area contributed by atoms with Crippen molar-refractivity contribution in [1.82, 2.24) is 0 Å². The number of ether oxygens (including phenoxy) is 1. The van der Waals surface area contributed by atoms with Crippen molar-refractivity contribution in [2.24, 2.45) is 0 Å². The summed E-state index contributed by atoms with van der Waals surface area (Å²) in [6, 6.07) is 8.30. The molecule has 0 aliphatic carbocycles. The summed E-state index contributed by atoms with van der Waals surface area (Å²) in [4.78, 5) is 20.2. The van der Waals surface area contributed by atoms with E-state index in [0.717, 1.165) is 12.3 Å². The number of carbonyl (C=O) groups excluding carboxylic acids is 1. The van der Waals surface area contributed by atoms with Crippen molar-refractivity contribution in [3.63, 3.8) is 0 Å². The third-order valence-electron chi connectivity index (χ3n) is 1.39. The van der Waals surface area contributed by atoms with Gasteiger partial charge in [0.25, 0.3) is 0 Å². The Hall–Kier alpha value is -2.36. The highest BCUT2D eigenvalue weighted by Gasteiger charge is 1.96. The van der Waals surface area contributed by atoms with Crippen molar-refractivity contribution in [2.75, 3.05) is 0 Å². The number of esters is 1.